The minimum absolute atomic E-state index is 0. The van der Waals surface area contributed by atoms with Gasteiger partial charge in [0.25, 0.3) is 0 Å². The Morgan fingerprint density at radius 2 is 0.933 bits per heavy atom. The van der Waals surface area contributed by atoms with Gasteiger partial charge in [0.2, 0.25) is 0 Å². The number of hydrogen-bond acceptors (Lipinski definition) is 0. The molecule has 0 spiro atoms. The van der Waals surface area contributed by atoms with Crippen molar-refractivity contribution < 1.29 is 63.7 Å². The summed E-state index contributed by atoms with van der Waals surface area (Å²) in [5.74, 6) is 0. The molecule has 15 heavy (non-hydrogen) atoms. The first kappa shape index (κ1) is 18.0. The third-order valence-corrected chi connectivity index (χ3v) is 20.8. The Morgan fingerprint density at radius 3 is 1.07 bits per heavy atom. The zero-order valence-electron chi connectivity index (χ0n) is 9.34. The molecule has 0 atom stereocenters. The predicted molar refractivity (Wildman–Crippen MR) is 56.1 cm³/mol. The molecule has 0 aliphatic heterocycles. The molecule has 0 N–H and O–H groups in total. The fourth-order valence-electron chi connectivity index (χ4n) is 2.33. The maximum absolute atomic E-state index is 5.83. The Bertz CT molecular complexity index is 121. The van der Waals surface area contributed by atoms with Crippen molar-refractivity contribution >= 4 is 16.5 Å². The van der Waals surface area contributed by atoms with Crippen molar-refractivity contribution in [3.8, 4) is 0 Å². The van der Waals surface area contributed by atoms with E-state index in [1.165, 1.54) is 51.4 Å². The third kappa shape index (κ3) is 8.65. The molecule has 5 heteroatoms. The van der Waals surface area contributed by atoms with Crippen LogP contribution < -0.4 is 0 Å². The van der Waals surface area contributed by atoms with Crippen molar-refractivity contribution in [2.75, 3.05) is 0 Å². The summed E-state index contributed by atoms with van der Waals surface area (Å²) < 4.78 is 2.17. The van der Waals surface area contributed by atoms with E-state index in [9.17, 15) is 0 Å². The van der Waals surface area contributed by atoms with Crippen LogP contribution in [0.3, 0.4) is 0 Å². The average Bonchev–Trinajstić information content (AvgIpc) is 2.92. The second-order valence-electron chi connectivity index (χ2n) is 4.61. The molecule has 2 aliphatic rings. The van der Waals surface area contributed by atoms with Crippen molar-refractivity contribution in [2.24, 2.45) is 0 Å². The van der Waals surface area contributed by atoms with Crippen LogP contribution in [0.15, 0.2) is 0 Å². The standard InChI is InChI=1S/2C5H9.2ClH.Fe.2Hg/c2*1-2-4-5-3-1;;;;;/h2*1H,2-5H2;2*1H;;;/q;;;;;2*+1/p-2. The van der Waals surface area contributed by atoms with E-state index in [1.54, 1.807) is 0 Å². The van der Waals surface area contributed by atoms with Gasteiger partial charge < -0.3 is 0 Å². The van der Waals surface area contributed by atoms with Gasteiger partial charge in [0, 0.05) is 17.1 Å². The van der Waals surface area contributed by atoms with Gasteiger partial charge in [0.05, 0.1) is 0 Å². The zero-order chi connectivity index (χ0) is 10.2. The molecule has 0 saturated heterocycles. The molecule has 0 heterocycles. The van der Waals surface area contributed by atoms with Crippen LogP contribution in [0.2, 0.25) is 6.85 Å². The molecule has 84 valence electrons. The Morgan fingerprint density at radius 1 is 0.667 bits per heavy atom. The second kappa shape index (κ2) is 12.0. The fourth-order valence-corrected chi connectivity index (χ4v) is 14.6. The molecule has 2 rings (SSSR count). The van der Waals surface area contributed by atoms with Crippen LogP contribution in [0.1, 0.15) is 51.4 Å². The maximum Gasteiger partial charge on any atom is 0 e. The van der Waals surface area contributed by atoms with E-state index in [0.29, 0.717) is 0 Å². The van der Waals surface area contributed by atoms with Crippen molar-refractivity contribution in [3.63, 3.8) is 0 Å². The van der Waals surface area contributed by atoms with Crippen LogP contribution >= 0.6 is 16.5 Å². The maximum atomic E-state index is 5.83. The number of hydrogen-bond donors (Lipinski definition) is 0. The zero-order valence-corrected chi connectivity index (χ0v) is 22.9. The molecule has 0 aromatic carbocycles. The molecule has 2 fully saturated rings. The van der Waals surface area contributed by atoms with Crippen LogP contribution in [0.4, 0.5) is 0 Å². The Hall–Kier alpha value is 2.97. The molecule has 0 unspecified atom stereocenters. The van der Waals surface area contributed by atoms with Gasteiger partial charge in [-0.1, -0.05) is 0 Å². The van der Waals surface area contributed by atoms with Gasteiger partial charge in [-0.2, -0.15) is 0 Å². The fraction of sp³-hybridized carbons (Fsp3) is 1.00. The molecule has 0 aromatic rings. The van der Waals surface area contributed by atoms with Crippen LogP contribution in [-0.2, 0) is 63.7 Å². The van der Waals surface area contributed by atoms with Gasteiger partial charge in [-0.05, 0) is 0 Å². The summed E-state index contributed by atoms with van der Waals surface area (Å²) in [6.45, 7) is 0. The SMILES string of the molecule is [Cl][Hg][CH]1CCCC1.[Cl][Hg][CH]1CCCC1.[Fe]. The average molecular weight is 666 g/mol. The minimum Gasteiger partial charge on any atom is 0 e. The van der Waals surface area contributed by atoms with E-state index in [1.807, 2.05) is 0 Å². The Kier molecular flexibility index (Phi) is 14.4. The Labute approximate surface area is 136 Å². The first-order valence-corrected chi connectivity index (χ1v) is 25.9. The van der Waals surface area contributed by atoms with E-state index in [4.69, 9.17) is 16.5 Å². The van der Waals surface area contributed by atoms with Crippen LogP contribution in [0.25, 0.3) is 0 Å². The third-order valence-electron chi connectivity index (χ3n) is 3.39. The molecule has 0 radical (unpaired) electrons. The largest absolute Gasteiger partial charge is 0 e. The van der Waals surface area contributed by atoms with Gasteiger partial charge in [-0.3, -0.25) is 0 Å². The molecule has 0 amide bonds. The van der Waals surface area contributed by atoms with Crippen molar-refractivity contribution in [1.82, 2.24) is 0 Å². The van der Waals surface area contributed by atoms with E-state index >= 15 is 0 Å². The smallest absolute Gasteiger partial charge is 0 e. The number of halogens is 2. The summed E-state index contributed by atoms with van der Waals surface area (Å²) in [6.07, 6.45) is 11.8. The van der Waals surface area contributed by atoms with Gasteiger partial charge in [-0.15, -0.1) is 0 Å². The summed E-state index contributed by atoms with van der Waals surface area (Å²) in [7, 11) is 11.7. The first-order valence-electron chi connectivity index (χ1n) is 5.98. The van der Waals surface area contributed by atoms with Crippen molar-refractivity contribution in [3.05, 3.63) is 0 Å². The second-order valence-corrected chi connectivity index (χ2v) is 21.4. The van der Waals surface area contributed by atoms with Crippen LogP contribution in [-0.4, -0.2) is 0 Å². The van der Waals surface area contributed by atoms with Crippen molar-refractivity contribution in [1.29, 1.82) is 0 Å². The van der Waals surface area contributed by atoms with Crippen LogP contribution in [0, 0.1) is 0 Å². The van der Waals surface area contributed by atoms with E-state index in [2.05, 4.69) is 0 Å². The molecular formula is C10H18Cl2FeHg2. The molecule has 2 aliphatic carbocycles. The molecule has 0 bridgehead atoms. The monoisotopic (exact) mass is 668 g/mol. The molecular weight excluding hydrogens is 648 g/mol. The summed E-state index contributed by atoms with van der Waals surface area (Å²) >= 11 is -1.51. The topological polar surface area (TPSA) is 0 Å². The first-order chi connectivity index (χ1) is 6.86. The normalized spacial score (nSPS) is 20.9. The van der Waals surface area contributed by atoms with Gasteiger partial charge >= 0.3 is 121 Å². The van der Waals surface area contributed by atoms with Crippen molar-refractivity contribution in [2.45, 2.75) is 58.2 Å². The van der Waals surface area contributed by atoms with E-state index in [0.717, 1.165) is 6.85 Å². The summed E-state index contributed by atoms with van der Waals surface area (Å²) in [5, 5.41) is 0. The van der Waals surface area contributed by atoms with E-state index < -0.39 is 46.7 Å². The molecule has 0 nitrogen and oxygen atoms in total. The minimum atomic E-state index is -0.753. The van der Waals surface area contributed by atoms with E-state index in [-0.39, 0.29) is 17.1 Å². The molecule has 0 aromatic heterocycles. The van der Waals surface area contributed by atoms with Crippen LogP contribution in [0.5, 0.6) is 0 Å². The summed E-state index contributed by atoms with van der Waals surface area (Å²) in [6, 6.07) is 0. The summed E-state index contributed by atoms with van der Waals surface area (Å²) in [5.41, 5.74) is 0. The Balaban J connectivity index is 0.000000245. The van der Waals surface area contributed by atoms with Gasteiger partial charge in [0.1, 0.15) is 0 Å². The number of rotatable bonds is 2. The predicted octanol–water partition coefficient (Wildman–Crippen LogP) is 5.17. The summed E-state index contributed by atoms with van der Waals surface area (Å²) in [4.78, 5) is 0. The van der Waals surface area contributed by atoms with Gasteiger partial charge in [0.15, 0.2) is 0 Å². The molecule has 2 saturated carbocycles. The quantitative estimate of drug-likeness (QED) is 0.358. The van der Waals surface area contributed by atoms with Gasteiger partial charge in [-0.25, -0.2) is 0 Å².